The predicted molar refractivity (Wildman–Crippen MR) is 88.1 cm³/mol. The third-order valence-electron chi connectivity index (χ3n) is 6.91. The normalized spacial score (nSPS) is 34.9. The molecule has 2 saturated carbocycles. The van der Waals surface area contributed by atoms with E-state index in [2.05, 4.69) is 23.1 Å². The van der Waals surface area contributed by atoms with Gasteiger partial charge in [0.1, 0.15) is 0 Å². The molecule has 3 unspecified atom stereocenters. The second-order valence-electron chi connectivity index (χ2n) is 7.92. The van der Waals surface area contributed by atoms with Gasteiger partial charge in [0.15, 0.2) is 0 Å². The molecule has 1 nitrogen and oxygen atoms in total. The van der Waals surface area contributed by atoms with Gasteiger partial charge in [0, 0.05) is 24.2 Å². The molecule has 2 aliphatic carbocycles. The summed E-state index contributed by atoms with van der Waals surface area (Å²) in [5.41, 5.74) is 5.00. The van der Waals surface area contributed by atoms with E-state index in [0.29, 0.717) is 0 Å². The minimum atomic E-state index is 0.861. The SMILES string of the molecule is c1cc2c(cc1C1CCCC1)C1CCCC3CCCN2C31. The van der Waals surface area contributed by atoms with Crippen molar-refractivity contribution in [3.8, 4) is 0 Å². The Hall–Kier alpha value is -0.980. The highest BCUT2D eigenvalue weighted by Crippen LogP contribution is 2.53. The molecule has 0 N–H and O–H groups in total. The molecule has 0 amide bonds. The maximum Gasteiger partial charge on any atom is 0.0405 e. The first kappa shape index (κ1) is 12.6. The molecule has 1 saturated heterocycles. The van der Waals surface area contributed by atoms with Crippen LogP contribution in [-0.2, 0) is 0 Å². The van der Waals surface area contributed by atoms with Crippen molar-refractivity contribution in [2.45, 2.75) is 75.7 Å². The molecule has 0 spiro atoms. The Morgan fingerprint density at radius 2 is 1.71 bits per heavy atom. The Morgan fingerprint density at radius 3 is 2.62 bits per heavy atom. The molecule has 112 valence electrons. The first-order chi connectivity index (χ1) is 10.4. The van der Waals surface area contributed by atoms with E-state index in [1.54, 1.807) is 16.8 Å². The second kappa shape index (κ2) is 4.76. The van der Waals surface area contributed by atoms with Crippen LogP contribution in [0.25, 0.3) is 0 Å². The third kappa shape index (κ3) is 1.82. The van der Waals surface area contributed by atoms with Crippen LogP contribution in [-0.4, -0.2) is 12.6 Å². The highest BCUT2D eigenvalue weighted by Gasteiger charge is 2.46. The molecule has 5 rings (SSSR count). The van der Waals surface area contributed by atoms with Crippen LogP contribution >= 0.6 is 0 Å². The standard InChI is InChI=1S/C20H27N/c1-2-6-14(5-1)16-10-11-19-18(13-16)17-9-3-7-15-8-4-12-21(19)20(15)17/h10-11,13-15,17,20H,1-9,12H2. The van der Waals surface area contributed by atoms with Crippen LogP contribution in [0.3, 0.4) is 0 Å². The first-order valence-corrected chi connectivity index (χ1v) is 9.32. The molecule has 3 atom stereocenters. The highest BCUT2D eigenvalue weighted by molar-refractivity contribution is 5.64. The number of piperidine rings is 1. The largest absolute Gasteiger partial charge is 0.367 e. The number of rotatable bonds is 1. The fourth-order valence-electron chi connectivity index (χ4n) is 5.99. The van der Waals surface area contributed by atoms with Gasteiger partial charge in [-0.05, 0) is 67.6 Å². The minimum absolute atomic E-state index is 0.861. The number of benzene rings is 1. The Kier molecular flexibility index (Phi) is 2.85. The van der Waals surface area contributed by atoms with E-state index in [9.17, 15) is 0 Å². The maximum atomic E-state index is 2.80. The zero-order chi connectivity index (χ0) is 13.8. The van der Waals surface area contributed by atoms with E-state index in [-0.39, 0.29) is 0 Å². The lowest BCUT2D eigenvalue weighted by Crippen LogP contribution is -2.46. The first-order valence-electron chi connectivity index (χ1n) is 9.32. The topological polar surface area (TPSA) is 3.24 Å². The summed E-state index contributed by atoms with van der Waals surface area (Å²) in [7, 11) is 0. The summed E-state index contributed by atoms with van der Waals surface area (Å²) in [5, 5.41) is 0. The summed E-state index contributed by atoms with van der Waals surface area (Å²) in [5.74, 6) is 2.72. The molecule has 1 aromatic rings. The Labute approximate surface area is 128 Å². The minimum Gasteiger partial charge on any atom is -0.367 e. The van der Waals surface area contributed by atoms with Gasteiger partial charge in [-0.2, -0.15) is 0 Å². The second-order valence-corrected chi connectivity index (χ2v) is 7.92. The van der Waals surface area contributed by atoms with Crippen molar-refractivity contribution in [1.29, 1.82) is 0 Å². The summed E-state index contributed by atoms with van der Waals surface area (Å²) in [6, 6.07) is 8.46. The summed E-state index contributed by atoms with van der Waals surface area (Å²) < 4.78 is 0. The molecule has 0 bridgehead atoms. The summed E-state index contributed by atoms with van der Waals surface area (Å²) in [6.45, 7) is 1.31. The van der Waals surface area contributed by atoms with Gasteiger partial charge in [0.2, 0.25) is 0 Å². The van der Waals surface area contributed by atoms with E-state index in [0.717, 1.165) is 23.8 Å². The molecule has 3 fully saturated rings. The van der Waals surface area contributed by atoms with Crippen molar-refractivity contribution in [3.63, 3.8) is 0 Å². The average Bonchev–Trinajstić information content (AvgIpc) is 3.16. The molecule has 0 radical (unpaired) electrons. The number of hydrogen-bond acceptors (Lipinski definition) is 1. The van der Waals surface area contributed by atoms with Crippen LogP contribution in [0.1, 0.15) is 80.8 Å². The third-order valence-corrected chi connectivity index (χ3v) is 6.91. The van der Waals surface area contributed by atoms with Crippen molar-refractivity contribution >= 4 is 5.69 Å². The fourth-order valence-corrected chi connectivity index (χ4v) is 5.99. The lowest BCUT2D eigenvalue weighted by molar-refractivity contribution is 0.231. The van der Waals surface area contributed by atoms with Crippen molar-refractivity contribution in [3.05, 3.63) is 29.3 Å². The Morgan fingerprint density at radius 1 is 0.857 bits per heavy atom. The molecule has 1 heteroatoms. The van der Waals surface area contributed by atoms with Gasteiger partial charge in [-0.15, -0.1) is 0 Å². The molecule has 2 aliphatic heterocycles. The zero-order valence-corrected chi connectivity index (χ0v) is 13.1. The fraction of sp³-hybridized carbons (Fsp3) is 0.700. The summed E-state index contributed by atoms with van der Waals surface area (Å²) >= 11 is 0. The van der Waals surface area contributed by atoms with E-state index < -0.39 is 0 Å². The molecule has 4 aliphatic rings. The summed E-state index contributed by atoms with van der Waals surface area (Å²) in [6.07, 6.45) is 13.0. The van der Waals surface area contributed by atoms with Gasteiger partial charge >= 0.3 is 0 Å². The zero-order valence-electron chi connectivity index (χ0n) is 13.1. The van der Waals surface area contributed by atoms with Gasteiger partial charge in [-0.25, -0.2) is 0 Å². The van der Waals surface area contributed by atoms with Crippen LogP contribution in [0.4, 0.5) is 5.69 Å². The molecule has 21 heavy (non-hydrogen) atoms. The predicted octanol–water partition coefficient (Wildman–Crippen LogP) is 5.21. The van der Waals surface area contributed by atoms with Gasteiger partial charge in [0.05, 0.1) is 0 Å². The van der Waals surface area contributed by atoms with Crippen LogP contribution < -0.4 is 4.90 Å². The van der Waals surface area contributed by atoms with Gasteiger partial charge in [0.25, 0.3) is 0 Å². The number of anilines is 1. The van der Waals surface area contributed by atoms with Gasteiger partial charge in [-0.1, -0.05) is 31.4 Å². The van der Waals surface area contributed by atoms with Crippen LogP contribution in [0, 0.1) is 5.92 Å². The van der Waals surface area contributed by atoms with E-state index >= 15 is 0 Å². The van der Waals surface area contributed by atoms with Crippen LogP contribution in [0.15, 0.2) is 18.2 Å². The molecular formula is C20H27N. The number of hydrogen-bond donors (Lipinski definition) is 0. The summed E-state index contributed by atoms with van der Waals surface area (Å²) in [4.78, 5) is 2.80. The molecule has 2 heterocycles. The van der Waals surface area contributed by atoms with E-state index in [1.807, 2.05) is 0 Å². The lowest BCUT2D eigenvalue weighted by Gasteiger charge is -2.43. The molecular weight excluding hydrogens is 254 g/mol. The monoisotopic (exact) mass is 281 g/mol. The smallest absolute Gasteiger partial charge is 0.0405 e. The average molecular weight is 281 g/mol. The molecule has 1 aromatic carbocycles. The number of fused-ring (bicyclic) bond motifs is 3. The van der Waals surface area contributed by atoms with Crippen molar-refractivity contribution in [1.82, 2.24) is 0 Å². The quantitative estimate of drug-likeness (QED) is 0.683. The van der Waals surface area contributed by atoms with Crippen molar-refractivity contribution in [2.24, 2.45) is 5.92 Å². The maximum absolute atomic E-state index is 2.80. The van der Waals surface area contributed by atoms with Gasteiger partial charge in [-0.3, -0.25) is 0 Å². The Bertz CT molecular complexity index is 541. The van der Waals surface area contributed by atoms with Crippen LogP contribution in [0.2, 0.25) is 0 Å². The lowest BCUT2D eigenvalue weighted by atomic mass is 9.72. The van der Waals surface area contributed by atoms with Crippen LogP contribution in [0.5, 0.6) is 0 Å². The van der Waals surface area contributed by atoms with Gasteiger partial charge < -0.3 is 4.90 Å². The van der Waals surface area contributed by atoms with E-state index in [4.69, 9.17) is 0 Å². The number of nitrogens with zero attached hydrogens (tertiary/aromatic N) is 1. The molecule has 0 aromatic heterocycles. The highest BCUT2D eigenvalue weighted by atomic mass is 15.2. The van der Waals surface area contributed by atoms with Crippen molar-refractivity contribution < 1.29 is 0 Å². The van der Waals surface area contributed by atoms with E-state index in [1.165, 1.54) is 64.3 Å². The Balaban J connectivity index is 1.56. The van der Waals surface area contributed by atoms with Crippen molar-refractivity contribution in [2.75, 3.05) is 11.4 Å².